The third-order valence-corrected chi connectivity index (χ3v) is 4.22. The molecule has 0 radical (unpaired) electrons. The Morgan fingerprint density at radius 3 is 2.82 bits per heavy atom. The predicted octanol–water partition coefficient (Wildman–Crippen LogP) is 1.74. The molecule has 1 aliphatic heterocycles. The summed E-state index contributed by atoms with van der Waals surface area (Å²) in [6, 6.07) is 0.521. The highest BCUT2D eigenvalue weighted by Crippen LogP contribution is 2.30. The molecule has 3 atom stereocenters. The van der Waals surface area contributed by atoms with Crippen LogP contribution in [-0.4, -0.2) is 48.3 Å². The SMILES string of the molecule is COC1CCCCC1N1CCC(CC(=O)O)C1. The molecule has 1 heterocycles. The van der Waals surface area contributed by atoms with E-state index in [9.17, 15) is 4.79 Å². The van der Waals surface area contributed by atoms with Gasteiger partial charge in [-0.05, 0) is 31.7 Å². The third kappa shape index (κ3) is 3.19. The van der Waals surface area contributed by atoms with E-state index in [0.29, 0.717) is 24.5 Å². The second-order valence-corrected chi connectivity index (χ2v) is 5.37. The summed E-state index contributed by atoms with van der Waals surface area (Å²) in [5, 5.41) is 8.83. The van der Waals surface area contributed by atoms with E-state index in [1.165, 1.54) is 19.3 Å². The quantitative estimate of drug-likeness (QED) is 0.814. The van der Waals surface area contributed by atoms with E-state index < -0.39 is 5.97 Å². The summed E-state index contributed by atoms with van der Waals surface area (Å²) >= 11 is 0. The summed E-state index contributed by atoms with van der Waals surface area (Å²) in [6.07, 6.45) is 6.61. The standard InChI is InChI=1S/C13H23NO3/c1-17-12-5-3-2-4-11(12)14-7-6-10(9-14)8-13(15)16/h10-12H,2-9H2,1H3,(H,15,16). The third-order valence-electron chi connectivity index (χ3n) is 4.22. The predicted molar refractivity (Wildman–Crippen MR) is 65.0 cm³/mol. The fraction of sp³-hybridized carbons (Fsp3) is 0.923. The summed E-state index contributed by atoms with van der Waals surface area (Å²) in [5.41, 5.74) is 0. The highest BCUT2D eigenvalue weighted by atomic mass is 16.5. The van der Waals surface area contributed by atoms with Gasteiger partial charge in [-0.15, -0.1) is 0 Å². The Labute approximate surface area is 103 Å². The maximum absolute atomic E-state index is 10.7. The van der Waals surface area contributed by atoms with Gasteiger partial charge in [-0.25, -0.2) is 0 Å². The first kappa shape index (κ1) is 12.8. The molecule has 4 nitrogen and oxygen atoms in total. The minimum atomic E-state index is -0.663. The number of nitrogens with zero attached hydrogens (tertiary/aromatic N) is 1. The van der Waals surface area contributed by atoms with E-state index in [1.54, 1.807) is 7.11 Å². The van der Waals surface area contributed by atoms with Gasteiger partial charge in [0.15, 0.2) is 0 Å². The van der Waals surface area contributed by atoms with Crippen LogP contribution in [0.3, 0.4) is 0 Å². The largest absolute Gasteiger partial charge is 0.481 e. The zero-order valence-corrected chi connectivity index (χ0v) is 10.6. The molecule has 0 spiro atoms. The lowest BCUT2D eigenvalue weighted by Crippen LogP contribution is -2.45. The zero-order chi connectivity index (χ0) is 12.3. The molecule has 2 rings (SSSR count). The molecule has 2 aliphatic rings. The second kappa shape index (κ2) is 5.83. The summed E-state index contributed by atoms with van der Waals surface area (Å²) in [5.74, 6) is -0.323. The molecule has 17 heavy (non-hydrogen) atoms. The lowest BCUT2D eigenvalue weighted by atomic mass is 9.91. The van der Waals surface area contributed by atoms with Crippen molar-refractivity contribution in [3.8, 4) is 0 Å². The number of carboxylic acid groups (broad SMARTS) is 1. The van der Waals surface area contributed by atoms with Gasteiger partial charge in [0.25, 0.3) is 0 Å². The van der Waals surface area contributed by atoms with Gasteiger partial charge < -0.3 is 9.84 Å². The second-order valence-electron chi connectivity index (χ2n) is 5.37. The van der Waals surface area contributed by atoms with Gasteiger partial charge in [-0.1, -0.05) is 12.8 Å². The van der Waals surface area contributed by atoms with Crippen molar-refractivity contribution >= 4 is 5.97 Å². The minimum absolute atomic E-state index is 0.320. The van der Waals surface area contributed by atoms with Crippen LogP contribution in [0.25, 0.3) is 0 Å². The van der Waals surface area contributed by atoms with E-state index in [1.807, 2.05) is 0 Å². The van der Waals surface area contributed by atoms with Gasteiger partial charge in [0.2, 0.25) is 0 Å². The first-order chi connectivity index (χ1) is 8.20. The number of methoxy groups -OCH3 is 1. The van der Waals surface area contributed by atoms with Gasteiger partial charge in [-0.2, -0.15) is 0 Å². The van der Waals surface area contributed by atoms with E-state index in [2.05, 4.69) is 4.90 Å². The fourth-order valence-electron chi connectivity index (χ4n) is 3.35. The van der Waals surface area contributed by atoms with Crippen molar-refractivity contribution in [3.63, 3.8) is 0 Å². The van der Waals surface area contributed by atoms with E-state index in [-0.39, 0.29) is 0 Å². The average Bonchev–Trinajstić information content (AvgIpc) is 2.76. The van der Waals surface area contributed by atoms with Gasteiger partial charge in [0, 0.05) is 26.1 Å². The zero-order valence-electron chi connectivity index (χ0n) is 10.6. The molecule has 0 aromatic rings. The highest BCUT2D eigenvalue weighted by molar-refractivity contribution is 5.67. The Morgan fingerprint density at radius 1 is 1.35 bits per heavy atom. The Bertz CT molecular complexity index is 269. The molecule has 0 aromatic carbocycles. The highest BCUT2D eigenvalue weighted by Gasteiger charge is 2.35. The molecule has 98 valence electrons. The molecule has 4 heteroatoms. The van der Waals surface area contributed by atoms with Crippen molar-refractivity contribution in [3.05, 3.63) is 0 Å². The monoisotopic (exact) mass is 241 g/mol. The molecule has 1 saturated carbocycles. The molecule has 1 aliphatic carbocycles. The van der Waals surface area contributed by atoms with Crippen molar-refractivity contribution in [2.75, 3.05) is 20.2 Å². The number of carbonyl (C=O) groups is 1. The Kier molecular flexibility index (Phi) is 4.40. The maximum Gasteiger partial charge on any atom is 0.303 e. The first-order valence-corrected chi connectivity index (χ1v) is 6.69. The summed E-state index contributed by atoms with van der Waals surface area (Å²) in [6.45, 7) is 1.99. The number of rotatable bonds is 4. The van der Waals surface area contributed by atoms with Crippen LogP contribution in [0.1, 0.15) is 38.5 Å². The Hall–Kier alpha value is -0.610. The summed E-state index contributed by atoms with van der Waals surface area (Å²) < 4.78 is 5.57. The van der Waals surface area contributed by atoms with Crippen LogP contribution in [0.4, 0.5) is 0 Å². The Morgan fingerprint density at radius 2 is 2.12 bits per heavy atom. The van der Waals surface area contributed by atoms with Crippen LogP contribution in [-0.2, 0) is 9.53 Å². The fourth-order valence-corrected chi connectivity index (χ4v) is 3.35. The Balaban J connectivity index is 1.87. The smallest absolute Gasteiger partial charge is 0.303 e. The van der Waals surface area contributed by atoms with Gasteiger partial charge >= 0.3 is 5.97 Å². The van der Waals surface area contributed by atoms with E-state index >= 15 is 0 Å². The molecular formula is C13H23NO3. The van der Waals surface area contributed by atoms with Gasteiger partial charge in [0.1, 0.15) is 0 Å². The van der Waals surface area contributed by atoms with Crippen molar-refractivity contribution in [2.24, 2.45) is 5.92 Å². The minimum Gasteiger partial charge on any atom is -0.481 e. The van der Waals surface area contributed by atoms with Crippen LogP contribution >= 0.6 is 0 Å². The molecule has 0 bridgehead atoms. The number of aliphatic carboxylic acids is 1. The lowest BCUT2D eigenvalue weighted by molar-refractivity contribution is -0.138. The lowest BCUT2D eigenvalue weighted by Gasteiger charge is -2.37. The van der Waals surface area contributed by atoms with Crippen LogP contribution in [0.2, 0.25) is 0 Å². The molecule has 2 fully saturated rings. The molecule has 0 aromatic heterocycles. The van der Waals surface area contributed by atoms with Crippen LogP contribution < -0.4 is 0 Å². The van der Waals surface area contributed by atoms with Crippen LogP contribution in [0.15, 0.2) is 0 Å². The molecular weight excluding hydrogens is 218 g/mol. The number of likely N-dealkylation sites (tertiary alicyclic amines) is 1. The van der Waals surface area contributed by atoms with E-state index in [4.69, 9.17) is 9.84 Å². The number of hydrogen-bond donors (Lipinski definition) is 1. The summed E-state index contributed by atoms with van der Waals surface area (Å²) in [7, 11) is 1.80. The number of ether oxygens (including phenoxy) is 1. The van der Waals surface area contributed by atoms with Crippen molar-refractivity contribution in [1.29, 1.82) is 0 Å². The van der Waals surface area contributed by atoms with Crippen molar-refractivity contribution in [2.45, 2.75) is 50.7 Å². The maximum atomic E-state index is 10.7. The molecule has 0 amide bonds. The molecule has 1 saturated heterocycles. The topological polar surface area (TPSA) is 49.8 Å². The van der Waals surface area contributed by atoms with Crippen molar-refractivity contribution < 1.29 is 14.6 Å². The van der Waals surface area contributed by atoms with Crippen molar-refractivity contribution in [1.82, 2.24) is 4.90 Å². The first-order valence-electron chi connectivity index (χ1n) is 6.69. The molecule has 1 N–H and O–H groups in total. The number of carboxylic acids is 1. The number of hydrogen-bond acceptors (Lipinski definition) is 3. The average molecular weight is 241 g/mol. The normalized spacial score (nSPS) is 35.0. The van der Waals surface area contributed by atoms with Gasteiger partial charge in [-0.3, -0.25) is 9.69 Å². The molecule has 3 unspecified atom stereocenters. The van der Waals surface area contributed by atoms with Crippen LogP contribution in [0, 0.1) is 5.92 Å². The van der Waals surface area contributed by atoms with Gasteiger partial charge in [0.05, 0.1) is 6.10 Å². The van der Waals surface area contributed by atoms with Crippen LogP contribution in [0.5, 0.6) is 0 Å². The van der Waals surface area contributed by atoms with E-state index in [0.717, 1.165) is 25.9 Å². The summed E-state index contributed by atoms with van der Waals surface area (Å²) in [4.78, 5) is 13.2.